The first-order valence-corrected chi connectivity index (χ1v) is 5.59. The lowest BCUT2D eigenvalue weighted by Gasteiger charge is -2.29. The van der Waals surface area contributed by atoms with Gasteiger partial charge in [0, 0.05) is 12.0 Å². The number of hydrogen-bond acceptors (Lipinski definition) is 3. The van der Waals surface area contributed by atoms with E-state index in [1.165, 1.54) is 0 Å². The van der Waals surface area contributed by atoms with Crippen LogP contribution in [0.25, 0.3) is 0 Å². The largest absolute Gasteiger partial charge is 0.396 e. The molecule has 0 saturated carbocycles. The number of amides is 1. The van der Waals surface area contributed by atoms with E-state index in [-0.39, 0.29) is 23.2 Å². The third kappa shape index (κ3) is 3.88. The fourth-order valence-corrected chi connectivity index (χ4v) is 1.29. The predicted molar refractivity (Wildman–Crippen MR) is 61.6 cm³/mol. The number of carbonyl (C=O) groups excluding carboxylic acids is 1. The van der Waals surface area contributed by atoms with Crippen molar-refractivity contribution in [3.8, 4) is 0 Å². The van der Waals surface area contributed by atoms with E-state index in [1.807, 2.05) is 13.8 Å². The molecule has 0 aliphatic carbocycles. The Morgan fingerprint density at radius 3 is 2.29 bits per heavy atom. The second kappa shape index (κ2) is 6.30. The van der Waals surface area contributed by atoms with Crippen molar-refractivity contribution >= 4 is 18.5 Å². The van der Waals surface area contributed by atoms with Crippen molar-refractivity contribution in [1.29, 1.82) is 0 Å². The minimum Gasteiger partial charge on any atom is -0.396 e. The van der Waals surface area contributed by atoms with Crippen LogP contribution < -0.4 is 5.32 Å². The summed E-state index contributed by atoms with van der Waals surface area (Å²) in [5, 5.41) is 11.8. The van der Waals surface area contributed by atoms with Crippen LogP contribution in [-0.4, -0.2) is 29.4 Å². The Labute approximate surface area is 91.7 Å². The minimum atomic E-state index is -0.292. The fourth-order valence-electron chi connectivity index (χ4n) is 1.20. The van der Waals surface area contributed by atoms with Gasteiger partial charge in [0.2, 0.25) is 5.91 Å². The van der Waals surface area contributed by atoms with Gasteiger partial charge in [-0.2, -0.15) is 12.6 Å². The molecule has 0 heterocycles. The van der Waals surface area contributed by atoms with Gasteiger partial charge in [-0.05, 0) is 19.8 Å². The maximum Gasteiger partial charge on any atom is 0.232 e. The van der Waals surface area contributed by atoms with Crippen molar-refractivity contribution in [2.24, 2.45) is 5.41 Å². The maximum absolute atomic E-state index is 11.3. The minimum absolute atomic E-state index is 0.0759. The first kappa shape index (κ1) is 13.8. The summed E-state index contributed by atoms with van der Waals surface area (Å²) < 4.78 is 0. The molecule has 2 N–H and O–H groups in total. The van der Waals surface area contributed by atoms with E-state index in [1.54, 1.807) is 6.92 Å². The number of aliphatic hydroxyl groups excluding tert-OH is 1. The van der Waals surface area contributed by atoms with E-state index >= 15 is 0 Å². The number of rotatable bonds is 6. The van der Waals surface area contributed by atoms with Crippen LogP contribution in [0.1, 0.15) is 33.6 Å². The van der Waals surface area contributed by atoms with Crippen LogP contribution in [0.5, 0.6) is 0 Å². The molecule has 1 amide bonds. The standard InChI is InChI=1S/C10H21NO2S/c1-4-10(5-2,7-12)6-11-9(13)8(3)14/h8,12,14H,4-7H2,1-3H3,(H,11,13). The molecule has 0 radical (unpaired) electrons. The van der Waals surface area contributed by atoms with Crippen LogP contribution in [0.4, 0.5) is 0 Å². The molecule has 0 spiro atoms. The Morgan fingerprint density at radius 2 is 2.00 bits per heavy atom. The molecule has 3 nitrogen and oxygen atoms in total. The average molecular weight is 219 g/mol. The molecule has 1 unspecified atom stereocenters. The van der Waals surface area contributed by atoms with Crippen LogP contribution in [0, 0.1) is 5.41 Å². The summed E-state index contributed by atoms with van der Waals surface area (Å²) >= 11 is 4.04. The Hall–Kier alpha value is -0.220. The Balaban J connectivity index is 4.12. The average Bonchev–Trinajstić information content (AvgIpc) is 2.20. The van der Waals surface area contributed by atoms with Gasteiger partial charge in [-0.25, -0.2) is 0 Å². The SMILES string of the molecule is CCC(CC)(CO)CNC(=O)C(C)S. The quantitative estimate of drug-likeness (QED) is 0.588. The second-order valence-electron chi connectivity index (χ2n) is 3.76. The monoisotopic (exact) mass is 219 g/mol. The molecule has 0 aromatic rings. The van der Waals surface area contributed by atoms with Gasteiger partial charge >= 0.3 is 0 Å². The number of nitrogens with one attached hydrogen (secondary N) is 1. The van der Waals surface area contributed by atoms with E-state index in [9.17, 15) is 9.90 Å². The zero-order valence-electron chi connectivity index (χ0n) is 9.21. The molecule has 84 valence electrons. The van der Waals surface area contributed by atoms with Gasteiger partial charge < -0.3 is 10.4 Å². The Morgan fingerprint density at radius 1 is 1.50 bits per heavy atom. The van der Waals surface area contributed by atoms with Crippen molar-refractivity contribution in [3.05, 3.63) is 0 Å². The lowest BCUT2D eigenvalue weighted by Crippen LogP contribution is -2.41. The first-order chi connectivity index (χ1) is 6.51. The molecular formula is C10H21NO2S. The van der Waals surface area contributed by atoms with Crippen molar-refractivity contribution in [1.82, 2.24) is 5.32 Å². The lowest BCUT2D eigenvalue weighted by molar-refractivity contribution is -0.121. The van der Waals surface area contributed by atoms with E-state index in [0.717, 1.165) is 12.8 Å². The highest BCUT2D eigenvalue weighted by Gasteiger charge is 2.26. The van der Waals surface area contributed by atoms with Crippen molar-refractivity contribution in [2.45, 2.75) is 38.9 Å². The van der Waals surface area contributed by atoms with Gasteiger partial charge in [-0.3, -0.25) is 4.79 Å². The highest BCUT2D eigenvalue weighted by Crippen LogP contribution is 2.24. The van der Waals surface area contributed by atoms with Gasteiger partial charge in [-0.1, -0.05) is 13.8 Å². The lowest BCUT2D eigenvalue weighted by atomic mass is 9.83. The van der Waals surface area contributed by atoms with E-state index in [4.69, 9.17) is 0 Å². The molecule has 0 aromatic heterocycles. The van der Waals surface area contributed by atoms with E-state index < -0.39 is 0 Å². The molecule has 4 heteroatoms. The number of carbonyl (C=O) groups is 1. The smallest absolute Gasteiger partial charge is 0.232 e. The first-order valence-electron chi connectivity index (χ1n) is 5.08. The fraction of sp³-hybridized carbons (Fsp3) is 0.900. The predicted octanol–water partition coefficient (Wildman–Crippen LogP) is 1.22. The zero-order chi connectivity index (χ0) is 11.2. The summed E-state index contributed by atoms with van der Waals surface area (Å²) in [5.74, 6) is -0.0759. The summed E-state index contributed by atoms with van der Waals surface area (Å²) in [4.78, 5) is 11.3. The van der Waals surface area contributed by atoms with Gasteiger partial charge in [0.25, 0.3) is 0 Å². The van der Waals surface area contributed by atoms with Crippen LogP contribution >= 0.6 is 12.6 Å². The molecule has 0 bridgehead atoms. The van der Waals surface area contributed by atoms with Gasteiger partial charge in [0.15, 0.2) is 0 Å². The molecule has 0 fully saturated rings. The number of aliphatic hydroxyl groups is 1. The van der Waals surface area contributed by atoms with Gasteiger partial charge in [0.05, 0.1) is 11.9 Å². The molecule has 0 saturated heterocycles. The third-order valence-corrected chi connectivity index (χ3v) is 3.09. The molecule has 0 aliphatic heterocycles. The molecule has 1 atom stereocenters. The molecule has 0 rings (SSSR count). The van der Waals surface area contributed by atoms with Crippen LogP contribution in [0.2, 0.25) is 0 Å². The topological polar surface area (TPSA) is 49.3 Å². The molecule has 0 aromatic carbocycles. The van der Waals surface area contributed by atoms with Crippen LogP contribution in [-0.2, 0) is 4.79 Å². The molecule has 14 heavy (non-hydrogen) atoms. The summed E-state index contributed by atoms with van der Waals surface area (Å²) in [6, 6.07) is 0. The van der Waals surface area contributed by atoms with Gasteiger partial charge in [-0.15, -0.1) is 0 Å². The van der Waals surface area contributed by atoms with E-state index in [2.05, 4.69) is 17.9 Å². The number of thiol groups is 1. The summed E-state index contributed by atoms with van der Waals surface area (Å²) in [6.45, 7) is 6.42. The van der Waals surface area contributed by atoms with E-state index in [0.29, 0.717) is 6.54 Å². The van der Waals surface area contributed by atoms with Crippen molar-refractivity contribution in [3.63, 3.8) is 0 Å². The molecule has 0 aliphatic rings. The van der Waals surface area contributed by atoms with Gasteiger partial charge in [0.1, 0.15) is 0 Å². The Bertz CT molecular complexity index is 171. The maximum atomic E-state index is 11.3. The second-order valence-corrected chi connectivity index (χ2v) is 4.53. The van der Waals surface area contributed by atoms with Crippen LogP contribution in [0.15, 0.2) is 0 Å². The molecular weight excluding hydrogens is 198 g/mol. The van der Waals surface area contributed by atoms with Crippen molar-refractivity contribution in [2.75, 3.05) is 13.2 Å². The highest BCUT2D eigenvalue weighted by atomic mass is 32.1. The Kier molecular flexibility index (Phi) is 6.20. The zero-order valence-corrected chi connectivity index (χ0v) is 10.1. The van der Waals surface area contributed by atoms with Crippen LogP contribution in [0.3, 0.4) is 0 Å². The summed E-state index contributed by atoms with van der Waals surface area (Å²) in [6.07, 6.45) is 1.72. The summed E-state index contributed by atoms with van der Waals surface area (Å²) in [7, 11) is 0. The normalized spacial score (nSPS) is 13.8. The highest BCUT2D eigenvalue weighted by molar-refractivity contribution is 7.81. The third-order valence-electron chi connectivity index (χ3n) is 2.85. The summed E-state index contributed by atoms with van der Waals surface area (Å²) in [5.41, 5.74) is -0.168. The van der Waals surface area contributed by atoms with Crippen molar-refractivity contribution < 1.29 is 9.90 Å². The number of hydrogen-bond donors (Lipinski definition) is 3.